The van der Waals surface area contributed by atoms with Gasteiger partial charge in [0, 0.05) is 41.9 Å². The second kappa shape index (κ2) is 11.1. The lowest BCUT2D eigenvalue weighted by molar-refractivity contribution is 0.0607. The lowest BCUT2D eigenvalue weighted by Gasteiger charge is -2.27. The van der Waals surface area contributed by atoms with Crippen molar-refractivity contribution in [3.63, 3.8) is 0 Å². The maximum absolute atomic E-state index is 13.0. The summed E-state index contributed by atoms with van der Waals surface area (Å²) in [6.07, 6.45) is 8.29. The Hall–Kier alpha value is -4.20. The first-order chi connectivity index (χ1) is 19.6. The zero-order valence-corrected chi connectivity index (χ0v) is 22.7. The maximum Gasteiger partial charge on any atom is 0.261 e. The van der Waals surface area contributed by atoms with E-state index in [2.05, 4.69) is 4.99 Å². The van der Waals surface area contributed by atoms with Crippen molar-refractivity contribution in [1.29, 1.82) is 0 Å². The number of benzene rings is 3. The highest BCUT2D eigenvalue weighted by atomic mass is 16.5. The predicted octanol–water partition coefficient (Wildman–Crippen LogP) is 5.79. The Kier molecular flexibility index (Phi) is 7.24. The maximum atomic E-state index is 13.0. The van der Waals surface area contributed by atoms with Crippen LogP contribution in [0.3, 0.4) is 0 Å². The average molecular weight is 540 g/mol. The third kappa shape index (κ3) is 4.72. The van der Waals surface area contributed by atoms with Crippen LogP contribution in [0.1, 0.15) is 76.0 Å². The van der Waals surface area contributed by atoms with E-state index in [-0.39, 0.29) is 23.8 Å². The fraction of sp³-hybridized carbons (Fsp3) is 0.375. The fourth-order valence-electron chi connectivity index (χ4n) is 5.99. The molecule has 3 amide bonds. The summed E-state index contributed by atoms with van der Waals surface area (Å²) in [5, 5.41) is 1.68. The number of ether oxygens (including phenoxy) is 2. The van der Waals surface area contributed by atoms with Crippen molar-refractivity contribution in [1.82, 2.24) is 9.80 Å². The molecule has 1 fully saturated rings. The Bertz CT molecular complexity index is 1460. The van der Waals surface area contributed by atoms with Crippen molar-refractivity contribution >= 4 is 40.4 Å². The van der Waals surface area contributed by atoms with Crippen LogP contribution in [0, 0.1) is 0 Å². The van der Waals surface area contributed by atoms with Gasteiger partial charge in [-0.05, 0) is 49.3 Å². The Labute approximate surface area is 233 Å². The van der Waals surface area contributed by atoms with E-state index in [4.69, 9.17) is 9.47 Å². The molecule has 3 heterocycles. The minimum Gasteiger partial charge on any atom is -0.493 e. The van der Waals surface area contributed by atoms with Crippen LogP contribution < -0.4 is 9.47 Å². The summed E-state index contributed by atoms with van der Waals surface area (Å²) in [7, 11) is 1.58. The number of carbonyl (C=O) groups excluding carboxylic acids is 3. The number of methoxy groups -OCH3 is 1. The number of hydrogen-bond donors (Lipinski definition) is 0. The number of fused-ring (bicyclic) bond motifs is 2. The molecule has 0 aromatic heterocycles. The van der Waals surface area contributed by atoms with Crippen molar-refractivity contribution in [2.24, 2.45) is 4.99 Å². The van der Waals surface area contributed by atoms with E-state index in [1.54, 1.807) is 31.4 Å². The lowest BCUT2D eigenvalue weighted by Crippen LogP contribution is -2.40. The van der Waals surface area contributed by atoms with Gasteiger partial charge < -0.3 is 14.4 Å². The molecule has 8 heteroatoms. The SMILES string of the molecule is COc1cc2c(cc1OCCCCCCCN1C(=O)c3cccc4cccc(c34)C1=O)N=C[C@@H]1CCCN1C2=O. The second-order valence-corrected chi connectivity index (χ2v) is 10.6. The Morgan fingerprint density at radius 2 is 1.57 bits per heavy atom. The molecule has 3 aliphatic rings. The Balaban J connectivity index is 0.976. The van der Waals surface area contributed by atoms with Crippen LogP contribution in [0.15, 0.2) is 53.5 Å². The van der Waals surface area contributed by atoms with Gasteiger partial charge in [0.1, 0.15) is 0 Å². The van der Waals surface area contributed by atoms with E-state index in [9.17, 15) is 14.4 Å². The number of imide groups is 1. The number of carbonyl (C=O) groups is 3. The number of nitrogens with zero attached hydrogens (tertiary/aromatic N) is 3. The summed E-state index contributed by atoms with van der Waals surface area (Å²) in [5.41, 5.74) is 2.38. The van der Waals surface area contributed by atoms with Gasteiger partial charge in [-0.15, -0.1) is 0 Å². The van der Waals surface area contributed by atoms with Crippen molar-refractivity contribution in [2.75, 3.05) is 26.8 Å². The molecule has 206 valence electrons. The number of amides is 3. The van der Waals surface area contributed by atoms with Gasteiger partial charge in [0.05, 0.1) is 31.0 Å². The third-order valence-electron chi connectivity index (χ3n) is 8.10. The monoisotopic (exact) mass is 539 g/mol. The molecule has 1 saturated heterocycles. The minimum atomic E-state index is -0.205. The van der Waals surface area contributed by atoms with Gasteiger partial charge >= 0.3 is 0 Å². The molecule has 40 heavy (non-hydrogen) atoms. The summed E-state index contributed by atoms with van der Waals surface area (Å²) in [6, 6.07) is 14.8. The van der Waals surface area contributed by atoms with E-state index in [0.29, 0.717) is 47.0 Å². The van der Waals surface area contributed by atoms with Crippen LogP contribution in [0.5, 0.6) is 11.5 Å². The minimum absolute atomic E-state index is 0.00549. The topological polar surface area (TPSA) is 88.5 Å². The molecule has 3 aromatic rings. The first-order valence-electron chi connectivity index (χ1n) is 14.1. The standard InChI is InChI=1S/C32H33N3O5/c1-39-27-18-25-26(33-20-22-12-9-16-34(22)32(25)38)19-28(27)40-17-6-4-2-3-5-15-35-30(36)23-13-7-10-21-11-8-14-24(29(21)23)31(35)37/h7-8,10-11,13-14,18-20,22H,2-6,9,12,15-17H2,1H3/t22-/m0/s1. The first kappa shape index (κ1) is 26.0. The van der Waals surface area contributed by atoms with E-state index in [0.717, 1.165) is 62.3 Å². The van der Waals surface area contributed by atoms with E-state index in [1.807, 2.05) is 35.4 Å². The molecule has 0 unspecified atom stereocenters. The predicted molar refractivity (Wildman–Crippen MR) is 153 cm³/mol. The molecule has 0 radical (unpaired) electrons. The Morgan fingerprint density at radius 1 is 0.850 bits per heavy atom. The fourth-order valence-corrected chi connectivity index (χ4v) is 5.99. The third-order valence-corrected chi connectivity index (χ3v) is 8.10. The van der Waals surface area contributed by atoms with E-state index >= 15 is 0 Å². The van der Waals surface area contributed by atoms with Crippen LogP contribution in [0.4, 0.5) is 5.69 Å². The zero-order valence-electron chi connectivity index (χ0n) is 22.7. The van der Waals surface area contributed by atoms with Crippen LogP contribution in [-0.4, -0.2) is 66.6 Å². The summed E-state index contributed by atoms with van der Waals surface area (Å²) >= 11 is 0. The van der Waals surface area contributed by atoms with Gasteiger partial charge in [0.25, 0.3) is 17.7 Å². The van der Waals surface area contributed by atoms with Crippen LogP contribution in [0.2, 0.25) is 0 Å². The van der Waals surface area contributed by atoms with Crippen molar-refractivity contribution in [3.05, 3.63) is 65.2 Å². The highest BCUT2D eigenvalue weighted by molar-refractivity contribution is 6.25. The summed E-state index contributed by atoms with van der Waals surface area (Å²) in [6.45, 7) is 1.69. The molecule has 0 spiro atoms. The summed E-state index contributed by atoms with van der Waals surface area (Å²) in [4.78, 5) is 47.0. The van der Waals surface area contributed by atoms with Crippen LogP contribution >= 0.6 is 0 Å². The van der Waals surface area contributed by atoms with Gasteiger partial charge in [-0.1, -0.05) is 43.5 Å². The molecule has 0 aliphatic carbocycles. The normalized spacial score (nSPS) is 17.7. The largest absolute Gasteiger partial charge is 0.493 e. The number of hydrogen-bond acceptors (Lipinski definition) is 6. The highest BCUT2D eigenvalue weighted by Gasteiger charge is 2.33. The number of unbranched alkanes of at least 4 members (excludes halogenated alkanes) is 4. The van der Waals surface area contributed by atoms with Crippen molar-refractivity contribution in [3.8, 4) is 11.5 Å². The molecule has 1 atom stereocenters. The van der Waals surface area contributed by atoms with E-state index < -0.39 is 0 Å². The zero-order chi connectivity index (χ0) is 27.6. The highest BCUT2D eigenvalue weighted by Crippen LogP contribution is 2.38. The molecular formula is C32H33N3O5. The second-order valence-electron chi connectivity index (χ2n) is 10.6. The molecule has 0 bridgehead atoms. The molecular weight excluding hydrogens is 506 g/mol. The van der Waals surface area contributed by atoms with Crippen LogP contribution in [-0.2, 0) is 0 Å². The quantitative estimate of drug-likeness (QED) is 0.240. The molecule has 0 N–H and O–H groups in total. The first-order valence-corrected chi connectivity index (χ1v) is 14.1. The molecule has 0 saturated carbocycles. The Morgan fingerprint density at radius 3 is 2.33 bits per heavy atom. The van der Waals surface area contributed by atoms with Gasteiger partial charge in [-0.3, -0.25) is 24.3 Å². The number of rotatable bonds is 10. The van der Waals surface area contributed by atoms with Crippen molar-refractivity contribution in [2.45, 2.75) is 51.0 Å². The average Bonchev–Trinajstić information content (AvgIpc) is 3.41. The molecule has 3 aliphatic heterocycles. The van der Waals surface area contributed by atoms with Gasteiger partial charge in [0.15, 0.2) is 11.5 Å². The molecule has 3 aromatic carbocycles. The molecule has 8 nitrogen and oxygen atoms in total. The lowest BCUT2D eigenvalue weighted by atomic mass is 9.94. The van der Waals surface area contributed by atoms with Gasteiger partial charge in [-0.2, -0.15) is 0 Å². The molecule has 6 rings (SSSR count). The van der Waals surface area contributed by atoms with Crippen LogP contribution in [0.25, 0.3) is 10.8 Å². The summed E-state index contributed by atoms with van der Waals surface area (Å²) in [5.74, 6) is 0.709. The number of aliphatic imine (C=N–C) groups is 1. The summed E-state index contributed by atoms with van der Waals surface area (Å²) < 4.78 is 11.6. The van der Waals surface area contributed by atoms with E-state index in [1.165, 1.54) is 4.90 Å². The smallest absolute Gasteiger partial charge is 0.261 e. The van der Waals surface area contributed by atoms with Gasteiger partial charge in [0.2, 0.25) is 0 Å². The van der Waals surface area contributed by atoms with Gasteiger partial charge in [-0.25, -0.2) is 0 Å². The van der Waals surface area contributed by atoms with Crippen molar-refractivity contribution < 1.29 is 23.9 Å².